The summed E-state index contributed by atoms with van der Waals surface area (Å²) in [5.74, 6) is 0.0267. The molecule has 0 N–H and O–H groups in total. The molecule has 0 saturated carbocycles. The maximum absolute atomic E-state index is 12.9. The lowest BCUT2D eigenvalue weighted by Crippen LogP contribution is -2.39. The number of halogens is 4. The fraction of sp³-hybridized carbons (Fsp3) is 0.300. The first-order valence-electron chi connectivity index (χ1n) is 9.41. The molecule has 1 aliphatic heterocycles. The van der Waals surface area contributed by atoms with Crippen LogP contribution in [-0.2, 0) is 16.2 Å². The van der Waals surface area contributed by atoms with E-state index in [9.17, 15) is 21.6 Å². The molecule has 0 spiro atoms. The Bertz CT molecular complexity index is 1160. The van der Waals surface area contributed by atoms with Crippen LogP contribution in [0.1, 0.15) is 30.2 Å². The topological polar surface area (TPSA) is 76.3 Å². The molecular formula is C20H17ClF3N3O3S. The zero-order valence-electron chi connectivity index (χ0n) is 16.0. The molecule has 1 aromatic heterocycles. The molecular weight excluding hydrogens is 455 g/mol. The van der Waals surface area contributed by atoms with Gasteiger partial charge in [-0.2, -0.15) is 17.5 Å². The van der Waals surface area contributed by atoms with E-state index in [2.05, 4.69) is 10.2 Å². The van der Waals surface area contributed by atoms with Crippen LogP contribution >= 0.6 is 11.6 Å². The molecule has 1 aliphatic rings. The highest BCUT2D eigenvalue weighted by molar-refractivity contribution is 7.89. The fourth-order valence-corrected chi connectivity index (χ4v) is 5.09. The Labute approximate surface area is 181 Å². The first-order valence-corrected chi connectivity index (χ1v) is 11.2. The predicted octanol–water partition coefficient (Wildman–Crippen LogP) is 4.98. The molecule has 1 fully saturated rings. The highest BCUT2D eigenvalue weighted by atomic mass is 35.5. The van der Waals surface area contributed by atoms with Gasteiger partial charge in [-0.05, 0) is 61.4 Å². The minimum atomic E-state index is -4.43. The SMILES string of the molecule is O=S(=O)(c1ccc(Cl)cc1)N1CCCC(c2nnc(-c3ccc(C(F)(F)F)cc3)o2)C1. The van der Waals surface area contributed by atoms with E-state index in [1.165, 1.54) is 40.7 Å². The Balaban J connectivity index is 1.52. The molecule has 11 heteroatoms. The van der Waals surface area contributed by atoms with Crippen molar-refractivity contribution in [2.75, 3.05) is 13.1 Å². The molecule has 31 heavy (non-hydrogen) atoms. The molecule has 0 amide bonds. The van der Waals surface area contributed by atoms with Crippen molar-refractivity contribution in [3.05, 3.63) is 65.0 Å². The second-order valence-electron chi connectivity index (χ2n) is 7.18. The Kier molecular flexibility index (Phi) is 5.80. The van der Waals surface area contributed by atoms with Gasteiger partial charge in [-0.3, -0.25) is 0 Å². The minimum absolute atomic E-state index is 0.0846. The van der Waals surface area contributed by atoms with Gasteiger partial charge < -0.3 is 4.42 Å². The van der Waals surface area contributed by atoms with Gasteiger partial charge in [-0.1, -0.05) is 11.6 Å². The van der Waals surface area contributed by atoms with E-state index in [1.54, 1.807) is 0 Å². The number of benzene rings is 2. The summed E-state index contributed by atoms with van der Waals surface area (Å²) in [6, 6.07) is 10.4. The van der Waals surface area contributed by atoms with Crippen molar-refractivity contribution in [3.63, 3.8) is 0 Å². The monoisotopic (exact) mass is 471 g/mol. The summed E-state index contributed by atoms with van der Waals surface area (Å²) < 4.78 is 71.1. The van der Waals surface area contributed by atoms with Crippen molar-refractivity contribution in [1.82, 2.24) is 14.5 Å². The lowest BCUT2D eigenvalue weighted by molar-refractivity contribution is -0.137. The van der Waals surface area contributed by atoms with E-state index in [4.69, 9.17) is 16.0 Å². The number of alkyl halides is 3. The maximum Gasteiger partial charge on any atom is 0.416 e. The number of hydrogen-bond acceptors (Lipinski definition) is 5. The Morgan fingerprint density at radius 1 is 1.03 bits per heavy atom. The molecule has 6 nitrogen and oxygen atoms in total. The van der Waals surface area contributed by atoms with Gasteiger partial charge in [-0.15, -0.1) is 10.2 Å². The van der Waals surface area contributed by atoms with Crippen LogP contribution in [0, 0.1) is 0 Å². The number of nitrogens with zero attached hydrogens (tertiary/aromatic N) is 3. The van der Waals surface area contributed by atoms with Crippen molar-refractivity contribution in [3.8, 4) is 11.5 Å². The van der Waals surface area contributed by atoms with Crippen LogP contribution in [0.2, 0.25) is 5.02 Å². The van der Waals surface area contributed by atoms with Crippen LogP contribution in [0.3, 0.4) is 0 Å². The van der Waals surface area contributed by atoms with E-state index in [-0.39, 0.29) is 29.1 Å². The zero-order valence-corrected chi connectivity index (χ0v) is 17.6. The maximum atomic E-state index is 12.9. The summed E-state index contributed by atoms with van der Waals surface area (Å²) in [7, 11) is -3.71. The van der Waals surface area contributed by atoms with Gasteiger partial charge in [0.05, 0.1) is 16.4 Å². The average molecular weight is 472 g/mol. The third kappa shape index (κ3) is 4.60. The van der Waals surface area contributed by atoms with E-state index < -0.39 is 21.8 Å². The zero-order chi connectivity index (χ0) is 22.2. The van der Waals surface area contributed by atoms with Gasteiger partial charge in [0, 0.05) is 23.7 Å². The number of aromatic nitrogens is 2. The molecule has 0 radical (unpaired) electrons. The van der Waals surface area contributed by atoms with Crippen molar-refractivity contribution >= 4 is 21.6 Å². The van der Waals surface area contributed by atoms with Crippen LogP contribution in [-0.4, -0.2) is 36.0 Å². The quantitative estimate of drug-likeness (QED) is 0.536. The van der Waals surface area contributed by atoms with Crippen LogP contribution in [0.25, 0.3) is 11.5 Å². The Morgan fingerprint density at radius 3 is 2.35 bits per heavy atom. The van der Waals surface area contributed by atoms with Crippen molar-refractivity contribution in [2.45, 2.75) is 29.8 Å². The smallest absolute Gasteiger partial charge is 0.416 e. The fourth-order valence-electron chi connectivity index (χ4n) is 3.44. The molecule has 1 unspecified atom stereocenters. The summed E-state index contributed by atoms with van der Waals surface area (Å²) in [6.07, 6.45) is -3.17. The van der Waals surface area contributed by atoms with Crippen molar-refractivity contribution < 1.29 is 26.0 Å². The first kappa shape index (κ1) is 21.8. The van der Waals surface area contributed by atoms with Crippen LogP contribution < -0.4 is 0 Å². The number of rotatable bonds is 4. The molecule has 1 saturated heterocycles. The highest BCUT2D eigenvalue weighted by Gasteiger charge is 2.34. The lowest BCUT2D eigenvalue weighted by Gasteiger charge is -2.30. The minimum Gasteiger partial charge on any atom is -0.420 e. The van der Waals surface area contributed by atoms with Crippen LogP contribution in [0.5, 0.6) is 0 Å². The number of sulfonamides is 1. The van der Waals surface area contributed by atoms with Gasteiger partial charge >= 0.3 is 6.18 Å². The average Bonchev–Trinajstić information content (AvgIpc) is 3.24. The van der Waals surface area contributed by atoms with Gasteiger partial charge in [0.15, 0.2) is 0 Å². The highest BCUT2D eigenvalue weighted by Crippen LogP contribution is 2.33. The molecule has 2 heterocycles. The van der Waals surface area contributed by atoms with Crippen molar-refractivity contribution in [2.24, 2.45) is 0 Å². The third-order valence-corrected chi connectivity index (χ3v) is 7.22. The van der Waals surface area contributed by atoms with E-state index in [0.717, 1.165) is 12.1 Å². The molecule has 2 aromatic carbocycles. The van der Waals surface area contributed by atoms with Crippen molar-refractivity contribution in [1.29, 1.82) is 0 Å². The van der Waals surface area contributed by atoms with Crippen LogP contribution in [0.4, 0.5) is 13.2 Å². The molecule has 0 bridgehead atoms. The Morgan fingerprint density at radius 2 is 1.71 bits per heavy atom. The molecule has 164 valence electrons. The molecule has 1 atom stereocenters. The summed E-state index contributed by atoms with van der Waals surface area (Å²) in [4.78, 5) is 0.147. The standard InChI is InChI=1S/C20H17ClF3N3O3S/c21-16-7-9-17(10-8-16)31(28,29)27-11-1-2-14(12-27)19-26-25-18(30-19)13-3-5-15(6-4-13)20(22,23)24/h3-10,14H,1-2,11-12H2. The second kappa shape index (κ2) is 8.25. The molecule has 0 aliphatic carbocycles. The molecule has 3 aromatic rings. The number of hydrogen-bond donors (Lipinski definition) is 0. The normalized spacial score (nSPS) is 18.3. The largest absolute Gasteiger partial charge is 0.420 e. The summed E-state index contributed by atoms with van der Waals surface area (Å²) in [5.41, 5.74) is -0.417. The van der Waals surface area contributed by atoms with Gasteiger partial charge in [0.2, 0.25) is 21.8 Å². The predicted molar refractivity (Wildman–Crippen MR) is 107 cm³/mol. The second-order valence-corrected chi connectivity index (χ2v) is 9.55. The summed E-state index contributed by atoms with van der Waals surface area (Å²) >= 11 is 5.84. The van der Waals surface area contributed by atoms with Gasteiger partial charge in [-0.25, -0.2) is 8.42 Å². The third-order valence-electron chi connectivity index (χ3n) is 5.08. The van der Waals surface area contributed by atoms with Gasteiger partial charge in [0.1, 0.15) is 0 Å². The molecule has 4 rings (SSSR count). The van der Waals surface area contributed by atoms with Crippen LogP contribution in [0.15, 0.2) is 57.8 Å². The number of piperidine rings is 1. The summed E-state index contributed by atoms with van der Waals surface area (Å²) in [5, 5.41) is 8.38. The van der Waals surface area contributed by atoms with E-state index in [1.807, 2.05) is 0 Å². The Hall–Kier alpha value is -2.43. The lowest BCUT2D eigenvalue weighted by atomic mass is 10.00. The van der Waals surface area contributed by atoms with E-state index >= 15 is 0 Å². The summed E-state index contributed by atoms with van der Waals surface area (Å²) in [6.45, 7) is 0.529. The first-order chi connectivity index (χ1) is 14.6. The van der Waals surface area contributed by atoms with Gasteiger partial charge in [0.25, 0.3) is 0 Å². The van der Waals surface area contributed by atoms with E-state index in [0.29, 0.717) is 30.0 Å².